The smallest absolute Gasteiger partial charge is 0.354 e. The fourth-order valence-corrected chi connectivity index (χ4v) is 9.94. The third-order valence-electron chi connectivity index (χ3n) is 13.8. The van der Waals surface area contributed by atoms with Gasteiger partial charge in [0.1, 0.15) is 52.1 Å². The Morgan fingerprint density at radius 3 is 2.45 bits per heavy atom. The van der Waals surface area contributed by atoms with Crippen LogP contribution in [0.3, 0.4) is 0 Å². The highest BCUT2D eigenvalue weighted by Crippen LogP contribution is 2.56. The maximum atomic E-state index is 15.1. The van der Waals surface area contributed by atoms with Crippen molar-refractivity contribution in [1.29, 1.82) is 0 Å². The molecule has 8 heterocycles. The van der Waals surface area contributed by atoms with Gasteiger partial charge in [-0.15, -0.1) is 0 Å². The van der Waals surface area contributed by atoms with E-state index in [1.165, 1.54) is 24.5 Å². The summed E-state index contributed by atoms with van der Waals surface area (Å²) in [5, 5.41) is 138. The van der Waals surface area contributed by atoms with Gasteiger partial charge in [0.2, 0.25) is 17.7 Å². The molecule has 7 aliphatic rings. The van der Waals surface area contributed by atoms with Crippen LogP contribution in [0.15, 0.2) is 81.3 Å². The highest BCUT2D eigenvalue weighted by atomic mass is 16.8. The van der Waals surface area contributed by atoms with Gasteiger partial charge >= 0.3 is 11.9 Å². The van der Waals surface area contributed by atoms with Gasteiger partial charge in [0, 0.05) is 83.4 Å². The van der Waals surface area contributed by atoms with Crippen LogP contribution < -0.4 is 21.2 Å². The van der Waals surface area contributed by atoms with Crippen molar-refractivity contribution in [3.8, 4) is 58.0 Å². The second-order valence-electron chi connectivity index (χ2n) is 17.9. The number of esters is 1. The van der Waals surface area contributed by atoms with Crippen molar-refractivity contribution in [2.75, 3.05) is 6.61 Å². The Kier molecular flexibility index (Phi) is 11.0. The summed E-state index contributed by atoms with van der Waals surface area (Å²) in [6.07, 6.45) is -9.02. The van der Waals surface area contributed by atoms with Crippen molar-refractivity contribution in [2.24, 2.45) is 5.73 Å². The van der Waals surface area contributed by atoms with Crippen LogP contribution in [0.4, 0.5) is 0 Å². The van der Waals surface area contributed by atoms with Crippen LogP contribution in [-0.2, 0) is 36.6 Å². The normalized spacial score (nSPS) is 33.4. The molecule has 0 saturated carbocycles. The van der Waals surface area contributed by atoms with Crippen molar-refractivity contribution in [2.45, 2.75) is 96.9 Å². The summed E-state index contributed by atoms with van der Waals surface area (Å²) in [6.45, 7) is -0.431. The first-order chi connectivity index (χ1) is 33.6. The number of nitrogens with one attached hydrogen (secondary N) is 2. The molecule has 23 nitrogen and oxygen atoms in total. The molecule has 370 valence electrons. The van der Waals surface area contributed by atoms with Gasteiger partial charge in [0.05, 0.1) is 12.6 Å². The van der Waals surface area contributed by atoms with Crippen molar-refractivity contribution in [1.82, 2.24) is 10.3 Å². The fraction of sp³-hybridized carbons (Fsp3) is 0.354. The number of benzene rings is 2. The number of fused-ring (bicyclic) bond motifs is 6. The number of dihydropyridines is 1. The Morgan fingerprint density at radius 2 is 1.73 bits per heavy atom. The first-order valence-corrected chi connectivity index (χ1v) is 21.8. The molecule has 6 aliphatic heterocycles. The predicted molar refractivity (Wildman–Crippen MR) is 236 cm³/mol. The Morgan fingerprint density at radius 1 is 0.958 bits per heavy atom. The molecule has 2 spiro atoms. The second-order valence-corrected chi connectivity index (χ2v) is 17.9. The number of hydrogen-bond acceptors (Lipinski definition) is 21. The van der Waals surface area contributed by atoms with Crippen molar-refractivity contribution < 1.29 is 94.2 Å². The third-order valence-corrected chi connectivity index (χ3v) is 13.8. The summed E-state index contributed by atoms with van der Waals surface area (Å²) >= 11 is 0. The van der Waals surface area contributed by atoms with E-state index in [-0.39, 0.29) is 40.9 Å². The van der Waals surface area contributed by atoms with Crippen molar-refractivity contribution >= 4 is 22.9 Å². The van der Waals surface area contributed by atoms with Gasteiger partial charge in [0.25, 0.3) is 11.4 Å². The van der Waals surface area contributed by atoms with E-state index in [4.69, 9.17) is 29.1 Å². The van der Waals surface area contributed by atoms with Gasteiger partial charge in [-0.2, -0.15) is 0 Å². The van der Waals surface area contributed by atoms with Crippen molar-refractivity contribution in [3.05, 3.63) is 105 Å². The highest BCUT2D eigenvalue weighted by Gasteiger charge is 2.76. The Balaban J connectivity index is 1.26. The van der Waals surface area contributed by atoms with Crippen LogP contribution in [0.2, 0.25) is 0 Å². The lowest BCUT2D eigenvalue weighted by atomic mass is 9.67. The van der Waals surface area contributed by atoms with Gasteiger partial charge in [-0.1, -0.05) is 29.9 Å². The molecule has 2 aromatic heterocycles. The number of ether oxygens (including phenoxy) is 4. The number of aromatic nitrogens is 1. The number of carboxylic acid groups (broad SMARTS) is 1. The number of H-pyrrole nitrogens is 1. The first kappa shape index (κ1) is 47.4. The molecule has 1 aliphatic carbocycles. The van der Waals surface area contributed by atoms with E-state index in [1.807, 2.05) is 5.92 Å². The average molecular weight is 982 g/mol. The summed E-state index contributed by atoms with van der Waals surface area (Å²) in [5.41, 5.74) is -4.41. The lowest BCUT2D eigenvalue weighted by Gasteiger charge is -2.57. The van der Waals surface area contributed by atoms with Gasteiger partial charge in [-0.05, 0) is 42.2 Å². The fourth-order valence-electron chi connectivity index (χ4n) is 9.94. The summed E-state index contributed by atoms with van der Waals surface area (Å²) in [7, 11) is 0. The molecule has 16 N–H and O–H groups in total. The quantitative estimate of drug-likeness (QED) is 0.0326. The summed E-state index contributed by atoms with van der Waals surface area (Å²) in [6, 6.07) is 6.10. The average Bonchev–Trinajstić information content (AvgIpc) is 3.73. The monoisotopic (exact) mass is 981 g/mol. The number of phenolic OH excluding ortho intramolecular Hbond substituents is 3. The van der Waals surface area contributed by atoms with Gasteiger partial charge in [-0.25, -0.2) is 9.59 Å². The van der Waals surface area contributed by atoms with E-state index in [0.717, 1.165) is 18.2 Å². The Hall–Kier alpha value is -7.23. The summed E-state index contributed by atoms with van der Waals surface area (Å²) in [4.78, 5) is 45.2. The molecule has 71 heavy (non-hydrogen) atoms. The Labute approximate surface area is 398 Å². The van der Waals surface area contributed by atoms with E-state index in [9.17, 15) is 70.9 Å². The number of carbonyl (C=O) groups is 2. The Bertz CT molecular complexity index is 3240. The van der Waals surface area contributed by atoms with E-state index in [0.29, 0.717) is 16.8 Å². The third kappa shape index (κ3) is 6.79. The molecule has 2 aromatic carbocycles. The van der Waals surface area contributed by atoms with Crippen LogP contribution in [-0.4, -0.2) is 150 Å². The molecule has 11 atom stereocenters. The lowest BCUT2D eigenvalue weighted by molar-refractivity contribution is -0.399. The second kappa shape index (κ2) is 16.4. The minimum atomic E-state index is -3.90. The van der Waals surface area contributed by atoms with Gasteiger partial charge < -0.3 is 101 Å². The van der Waals surface area contributed by atoms with Crippen LogP contribution in [0.1, 0.15) is 41.1 Å². The number of aliphatic hydroxyl groups is 8. The number of carbonyl (C=O) groups excluding carboxylic acids is 1. The number of aromatic hydroxyl groups is 3. The number of aliphatic carboxylic acids is 1. The van der Waals surface area contributed by atoms with Crippen LogP contribution in [0.25, 0.3) is 22.3 Å². The minimum absolute atomic E-state index is 0.0384. The highest BCUT2D eigenvalue weighted by molar-refractivity contribution is 5.90. The molecule has 4 bridgehead atoms. The zero-order valence-electron chi connectivity index (χ0n) is 36.6. The number of aromatic amines is 1. The molecule has 2 saturated heterocycles. The molecular weight excluding hydrogens is 939 g/mol. The molecule has 0 amide bonds. The van der Waals surface area contributed by atoms with Crippen molar-refractivity contribution in [3.63, 3.8) is 0 Å². The van der Waals surface area contributed by atoms with Crippen LogP contribution >= 0.6 is 0 Å². The summed E-state index contributed by atoms with van der Waals surface area (Å²) in [5.74, 6) is -4.97. The number of hydrogen-bond donors (Lipinski definition) is 15. The zero-order chi connectivity index (χ0) is 50.7. The van der Waals surface area contributed by atoms with E-state index >= 15 is 4.79 Å². The van der Waals surface area contributed by atoms with E-state index in [1.54, 1.807) is 18.2 Å². The number of aliphatic hydroxyl groups excluding tert-OH is 5. The van der Waals surface area contributed by atoms with E-state index in [2.05, 4.69) is 28.1 Å². The largest absolute Gasteiger partial charge is 0.507 e. The predicted octanol–water partition coefficient (Wildman–Crippen LogP) is -2.38. The first-order valence-electron chi connectivity index (χ1n) is 21.8. The maximum Gasteiger partial charge on any atom is 0.354 e. The van der Waals surface area contributed by atoms with Gasteiger partial charge in [0.15, 0.2) is 23.0 Å². The standard InChI is InChI=1S/C48H43N3O20/c49-32-5-4-22(19-51-32)25-15-24-16-26-20(6-11-50-26)3-1-8-44(64)39(59)40(60)47(24,71-46(44)10-2-9-45(42(61)62)48(65,66)38(58)37(57)41(70-45)68-43(46)63)69-31-18-30-34(36(56)33(25)31)27(53)17-29(67-30)23-13-21(7-12-52)35(55)28(54)14-23/h4-6,11,13-15,17-19,25,32,37-41,50-52,54-60,64-66H,7-8,10,12,16,49H2,(H,61,62)/t25-,32?,37+,38+,39+,40+,41-,44-,45+,46+,47-/m0/s1. The lowest BCUT2D eigenvalue weighted by Crippen LogP contribution is -2.80. The molecule has 0 radical (unpaired) electrons. The molecule has 11 rings (SSSR count). The van der Waals surface area contributed by atoms with E-state index < -0.39 is 142 Å². The number of allylic oxidation sites excluding steroid dienone is 3. The number of nitrogens with two attached hydrogens (primary N) is 1. The molecule has 4 aromatic rings. The maximum absolute atomic E-state index is 15.1. The topological polar surface area (TPSA) is 398 Å². The molecule has 2 fully saturated rings. The number of rotatable bonds is 5. The zero-order valence-corrected chi connectivity index (χ0v) is 36.6. The van der Waals surface area contributed by atoms with Crippen LogP contribution in [0, 0.1) is 23.7 Å². The SMILES string of the molecule is NC1C=CC([C@@H]2C=C3Cc4[nH]ccc4C#CC[C@]4(O)[C@H](O)[C@@H](O)[C@@]3(Oc3cc5oc(-c6cc(O)c(O)c(CCO)c6)cc(=O)c5c(O)c32)O[C@@]42CC#C[C@]3(C(=O)O)O[C@H](OC2=O)[C@H](O)[C@@H](O)C3(O)O)=CN1. The summed E-state index contributed by atoms with van der Waals surface area (Å²) < 4.78 is 30.5. The number of carboxylic acids is 1. The molecule has 23 heteroatoms. The van der Waals surface area contributed by atoms with Gasteiger partial charge in [-0.3, -0.25) is 4.79 Å². The molecule has 1 unspecified atom stereocenters. The van der Waals surface area contributed by atoms with Crippen LogP contribution in [0.5, 0.6) is 23.0 Å². The minimum Gasteiger partial charge on any atom is -0.507 e. The number of phenols is 3. The molecular formula is C48H43N3O20.